The summed E-state index contributed by atoms with van der Waals surface area (Å²) in [6.07, 6.45) is 2.88. The first-order valence-corrected chi connectivity index (χ1v) is 10.9. The molecule has 0 aromatic heterocycles. The van der Waals surface area contributed by atoms with E-state index in [9.17, 15) is 9.59 Å². The number of nitrogens with zero attached hydrogens (tertiary/aromatic N) is 2. The molecule has 2 saturated heterocycles. The first-order chi connectivity index (χ1) is 14.6. The number of benzene rings is 2. The maximum atomic E-state index is 12.4. The third kappa shape index (κ3) is 4.75. The Bertz CT molecular complexity index is 873. The molecule has 158 valence electrons. The van der Waals surface area contributed by atoms with Crippen molar-refractivity contribution in [3.05, 3.63) is 54.1 Å². The van der Waals surface area contributed by atoms with E-state index in [1.165, 1.54) is 18.5 Å². The van der Waals surface area contributed by atoms with Gasteiger partial charge in [0, 0.05) is 56.2 Å². The minimum Gasteiger partial charge on any atom is -0.372 e. The Hall–Kier alpha value is -3.02. The topological polar surface area (TPSA) is 64.7 Å². The number of hydrogen-bond acceptors (Lipinski definition) is 4. The van der Waals surface area contributed by atoms with Crippen molar-refractivity contribution in [1.29, 1.82) is 0 Å². The van der Waals surface area contributed by atoms with Crippen LogP contribution in [0.3, 0.4) is 0 Å². The average Bonchev–Trinajstić information content (AvgIpc) is 3.43. The maximum absolute atomic E-state index is 12.4. The Balaban J connectivity index is 1.27. The summed E-state index contributed by atoms with van der Waals surface area (Å²) in [6, 6.07) is 16.6. The minimum atomic E-state index is -0.234. The van der Waals surface area contributed by atoms with Crippen molar-refractivity contribution in [2.45, 2.75) is 32.7 Å². The second-order valence-electron chi connectivity index (χ2n) is 8.11. The molecule has 2 aromatic carbocycles. The number of carbonyl (C=O) groups is 2. The van der Waals surface area contributed by atoms with E-state index in [0.29, 0.717) is 26.1 Å². The second kappa shape index (κ2) is 9.20. The van der Waals surface area contributed by atoms with E-state index in [1.807, 2.05) is 31.2 Å². The molecule has 2 fully saturated rings. The summed E-state index contributed by atoms with van der Waals surface area (Å²) in [7, 11) is 0. The van der Waals surface area contributed by atoms with Gasteiger partial charge in [-0.25, -0.2) is 0 Å². The molecule has 4 rings (SSSR count). The van der Waals surface area contributed by atoms with E-state index in [-0.39, 0.29) is 17.7 Å². The monoisotopic (exact) mass is 406 g/mol. The Morgan fingerprint density at radius 2 is 1.63 bits per heavy atom. The molecular weight excluding hydrogens is 376 g/mol. The zero-order valence-electron chi connectivity index (χ0n) is 17.6. The maximum Gasteiger partial charge on any atom is 0.225 e. The Labute approximate surface area is 178 Å². The number of carbonyl (C=O) groups excluding carboxylic acids is 2. The lowest BCUT2D eigenvalue weighted by atomic mass is 10.1. The van der Waals surface area contributed by atoms with Gasteiger partial charge in [0.05, 0.1) is 5.92 Å². The van der Waals surface area contributed by atoms with Crippen LogP contribution in [0.2, 0.25) is 0 Å². The van der Waals surface area contributed by atoms with Gasteiger partial charge in [0.15, 0.2) is 0 Å². The van der Waals surface area contributed by atoms with Crippen LogP contribution in [0.5, 0.6) is 0 Å². The molecule has 6 heteroatoms. The highest BCUT2D eigenvalue weighted by molar-refractivity contribution is 5.89. The van der Waals surface area contributed by atoms with Gasteiger partial charge in [0.2, 0.25) is 11.8 Å². The SMILES string of the molecule is CCN1CC(C(=O)NCc2ccc(Nc3ccc(N4CCCC4)cc3)cc2)CC1=O. The van der Waals surface area contributed by atoms with Gasteiger partial charge in [-0.3, -0.25) is 9.59 Å². The third-order valence-corrected chi connectivity index (χ3v) is 6.01. The van der Waals surface area contributed by atoms with Gasteiger partial charge in [-0.1, -0.05) is 12.1 Å². The Morgan fingerprint density at radius 3 is 2.23 bits per heavy atom. The Morgan fingerprint density at radius 1 is 1.00 bits per heavy atom. The van der Waals surface area contributed by atoms with Crippen molar-refractivity contribution in [2.75, 3.05) is 36.4 Å². The van der Waals surface area contributed by atoms with Gasteiger partial charge < -0.3 is 20.4 Å². The van der Waals surface area contributed by atoms with E-state index in [2.05, 4.69) is 39.8 Å². The lowest BCUT2D eigenvalue weighted by Crippen LogP contribution is -2.32. The summed E-state index contributed by atoms with van der Waals surface area (Å²) in [5, 5.41) is 6.39. The van der Waals surface area contributed by atoms with Crippen molar-refractivity contribution in [3.8, 4) is 0 Å². The molecular formula is C24H30N4O2. The van der Waals surface area contributed by atoms with Crippen LogP contribution in [-0.4, -0.2) is 42.9 Å². The molecule has 0 saturated carbocycles. The number of amides is 2. The van der Waals surface area contributed by atoms with Crippen LogP contribution >= 0.6 is 0 Å². The van der Waals surface area contributed by atoms with Crippen molar-refractivity contribution in [3.63, 3.8) is 0 Å². The summed E-state index contributed by atoms with van der Waals surface area (Å²) in [4.78, 5) is 28.3. The van der Waals surface area contributed by atoms with E-state index < -0.39 is 0 Å². The fraction of sp³-hybridized carbons (Fsp3) is 0.417. The van der Waals surface area contributed by atoms with Crippen LogP contribution < -0.4 is 15.5 Å². The molecule has 0 spiro atoms. The van der Waals surface area contributed by atoms with Crippen molar-refractivity contribution in [1.82, 2.24) is 10.2 Å². The zero-order valence-corrected chi connectivity index (χ0v) is 17.6. The average molecular weight is 407 g/mol. The van der Waals surface area contributed by atoms with Gasteiger partial charge >= 0.3 is 0 Å². The molecule has 2 aromatic rings. The van der Waals surface area contributed by atoms with Crippen LogP contribution in [-0.2, 0) is 16.1 Å². The molecule has 2 N–H and O–H groups in total. The first kappa shape index (κ1) is 20.3. The number of nitrogens with one attached hydrogen (secondary N) is 2. The quantitative estimate of drug-likeness (QED) is 0.739. The highest BCUT2D eigenvalue weighted by atomic mass is 16.2. The van der Waals surface area contributed by atoms with Crippen LogP contribution in [0.1, 0.15) is 31.7 Å². The summed E-state index contributed by atoms with van der Waals surface area (Å²) in [5.74, 6) is -0.206. The number of rotatable bonds is 7. The molecule has 2 heterocycles. The standard InChI is InChI=1S/C24H30N4O2/c1-2-27-17-19(15-23(27)29)24(30)25-16-18-5-7-20(8-6-18)26-21-9-11-22(12-10-21)28-13-3-4-14-28/h5-12,19,26H,2-4,13-17H2,1H3,(H,25,30). The summed E-state index contributed by atoms with van der Waals surface area (Å²) in [5.41, 5.74) is 4.40. The predicted octanol–water partition coefficient (Wildman–Crippen LogP) is 3.52. The predicted molar refractivity (Wildman–Crippen MR) is 120 cm³/mol. The fourth-order valence-electron chi connectivity index (χ4n) is 4.19. The van der Waals surface area contributed by atoms with Crippen molar-refractivity contribution < 1.29 is 9.59 Å². The fourth-order valence-corrected chi connectivity index (χ4v) is 4.19. The molecule has 2 amide bonds. The van der Waals surface area contributed by atoms with Crippen LogP contribution in [0.4, 0.5) is 17.1 Å². The van der Waals surface area contributed by atoms with Crippen molar-refractivity contribution in [2.24, 2.45) is 5.92 Å². The number of likely N-dealkylation sites (tertiary alicyclic amines) is 1. The summed E-state index contributed by atoms with van der Waals surface area (Å²) >= 11 is 0. The molecule has 2 aliphatic rings. The first-order valence-electron chi connectivity index (χ1n) is 10.9. The van der Waals surface area contributed by atoms with Gasteiger partial charge in [-0.2, -0.15) is 0 Å². The molecule has 0 aliphatic carbocycles. The molecule has 1 unspecified atom stereocenters. The lowest BCUT2D eigenvalue weighted by Gasteiger charge is -2.18. The van der Waals surface area contributed by atoms with Crippen LogP contribution in [0, 0.1) is 5.92 Å². The van der Waals surface area contributed by atoms with E-state index >= 15 is 0 Å². The van der Waals surface area contributed by atoms with E-state index in [4.69, 9.17) is 0 Å². The largest absolute Gasteiger partial charge is 0.372 e. The molecule has 0 bridgehead atoms. The third-order valence-electron chi connectivity index (χ3n) is 6.01. The minimum absolute atomic E-state index is 0.0420. The zero-order chi connectivity index (χ0) is 20.9. The lowest BCUT2D eigenvalue weighted by molar-refractivity contribution is -0.128. The Kier molecular flexibility index (Phi) is 6.21. The van der Waals surface area contributed by atoms with E-state index in [0.717, 1.165) is 30.0 Å². The van der Waals surface area contributed by atoms with Gasteiger partial charge in [0.25, 0.3) is 0 Å². The number of hydrogen-bond donors (Lipinski definition) is 2. The second-order valence-corrected chi connectivity index (χ2v) is 8.11. The van der Waals surface area contributed by atoms with Gasteiger partial charge in [-0.05, 0) is 61.7 Å². The van der Waals surface area contributed by atoms with E-state index in [1.54, 1.807) is 4.90 Å². The summed E-state index contributed by atoms with van der Waals surface area (Å²) in [6.45, 7) is 5.91. The molecule has 6 nitrogen and oxygen atoms in total. The molecule has 0 radical (unpaired) electrons. The van der Waals surface area contributed by atoms with Gasteiger partial charge in [-0.15, -0.1) is 0 Å². The smallest absolute Gasteiger partial charge is 0.225 e. The van der Waals surface area contributed by atoms with Crippen LogP contribution in [0.15, 0.2) is 48.5 Å². The van der Waals surface area contributed by atoms with Gasteiger partial charge in [0.1, 0.15) is 0 Å². The normalized spacial score (nSPS) is 18.7. The molecule has 1 atom stereocenters. The number of anilines is 3. The molecule has 2 aliphatic heterocycles. The molecule has 30 heavy (non-hydrogen) atoms. The van der Waals surface area contributed by atoms with Crippen molar-refractivity contribution >= 4 is 28.9 Å². The summed E-state index contributed by atoms with van der Waals surface area (Å²) < 4.78 is 0. The highest BCUT2D eigenvalue weighted by Crippen LogP contribution is 2.24. The highest BCUT2D eigenvalue weighted by Gasteiger charge is 2.33. The van der Waals surface area contributed by atoms with Crippen LogP contribution in [0.25, 0.3) is 0 Å².